The first-order valence-corrected chi connectivity index (χ1v) is 15.9. The second-order valence-corrected chi connectivity index (χ2v) is 13.4. The quantitative estimate of drug-likeness (QED) is 0.180. The monoisotopic (exact) mass is 665 g/mol. The number of aromatic nitrogens is 6. The molecule has 4 N–H and O–H groups in total. The lowest BCUT2D eigenvalue weighted by atomic mass is 9.88. The summed E-state index contributed by atoms with van der Waals surface area (Å²) in [6.07, 6.45) is 13.4. The maximum absolute atomic E-state index is 13.6. The molecule has 0 radical (unpaired) electrons. The van der Waals surface area contributed by atoms with Crippen LogP contribution in [0.1, 0.15) is 61.9 Å². The summed E-state index contributed by atoms with van der Waals surface area (Å²) in [5, 5.41) is 39.3. The molecule has 0 aliphatic heterocycles. The highest BCUT2D eigenvalue weighted by molar-refractivity contribution is 6.30. The van der Waals surface area contributed by atoms with Gasteiger partial charge in [-0.25, -0.2) is 4.79 Å². The number of nitrogens with zero attached hydrogens (tertiary/aromatic N) is 6. The summed E-state index contributed by atoms with van der Waals surface area (Å²) in [6, 6.07) is 16.9. The van der Waals surface area contributed by atoms with Gasteiger partial charge in [-0.05, 0) is 85.5 Å². The fourth-order valence-electron chi connectivity index (χ4n) is 5.82. The molecule has 0 saturated heterocycles. The predicted molar refractivity (Wildman–Crippen MR) is 182 cm³/mol. The van der Waals surface area contributed by atoms with Crippen molar-refractivity contribution in [2.24, 2.45) is 0 Å². The van der Waals surface area contributed by atoms with Gasteiger partial charge in [-0.3, -0.25) is 4.79 Å². The van der Waals surface area contributed by atoms with E-state index in [1.54, 1.807) is 44.3 Å². The molecule has 3 amide bonds. The Bertz CT molecular complexity index is 1910. The normalized spacial score (nSPS) is 21.9. The number of halogens is 1. The molecule has 3 atom stereocenters. The maximum atomic E-state index is 13.6. The van der Waals surface area contributed by atoms with Gasteiger partial charge in [0.05, 0.1) is 40.8 Å². The van der Waals surface area contributed by atoms with Crippen LogP contribution >= 0.6 is 11.6 Å². The number of benzene rings is 2. The topological polar surface area (TPSA) is 160 Å². The molecule has 0 bridgehead atoms. The third-order valence-electron chi connectivity index (χ3n) is 8.58. The van der Waals surface area contributed by atoms with E-state index >= 15 is 0 Å². The van der Waals surface area contributed by atoms with E-state index in [4.69, 9.17) is 11.6 Å². The lowest BCUT2D eigenvalue weighted by Crippen LogP contribution is -2.56. The van der Waals surface area contributed by atoms with Gasteiger partial charge in [0.1, 0.15) is 6.33 Å². The number of allylic oxidation sites excluding steroid dienone is 2. The van der Waals surface area contributed by atoms with E-state index in [1.165, 1.54) is 17.1 Å². The van der Waals surface area contributed by atoms with Crippen molar-refractivity contribution in [3.63, 3.8) is 0 Å². The van der Waals surface area contributed by atoms with Crippen LogP contribution in [0.4, 0.5) is 4.79 Å². The number of hydrogen-bond acceptors (Lipinski definition) is 8. The third kappa shape index (κ3) is 7.19. The smallest absolute Gasteiger partial charge is 0.315 e. The number of nitrogens with one attached hydrogen (secondary N) is 3. The number of tetrazole rings is 1. The van der Waals surface area contributed by atoms with E-state index in [0.29, 0.717) is 34.8 Å². The Labute approximate surface area is 283 Å². The molecule has 1 unspecified atom stereocenters. The third-order valence-corrected chi connectivity index (χ3v) is 8.81. The van der Waals surface area contributed by atoms with Gasteiger partial charge in [0.2, 0.25) is 5.91 Å². The SMILES string of the molecule is CC(C)(CO)NC(=O)N[C@]1(C)C=CC(c2cnnc([C@@]3(NC(=O)/C=C/c4cc(Cl)ccc4-n4cnnn4)CC3c3ccccc3)c2)=CC1. The molecule has 2 aliphatic rings. The molecular weight excluding hydrogens is 630 g/mol. The lowest BCUT2D eigenvalue weighted by molar-refractivity contribution is -0.117. The van der Waals surface area contributed by atoms with Crippen LogP contribution in [-0.2, 0) is 10.3 Å². The fraction of sp³-hybridized carbons (Fsp3) is 0.286. The van der Waals surface area contributed by atoms with Gasteiger partial charge in [-0.15, -0.1) is 5.10 Å². The number of aliphatic hydroxyl groups is 1. The highest BCUT2D eigenvalue weighted by Gasteiger charge is 2.58. The van der Waals surface area contributed by atoms with Crippen LogP contribution in [0, 0.1) is 0 Å². The molecule has 12 nitrogen and oxygen atoms in total. The van der Waals surface area contributed by atoms with Crippen LogP contribution in [0.3, 0.4) is 0 Å². The van der Waals surface area contributed by atoms with Gasteiger partial charge < -0.3 is 21.1 Å². The van der Waals surface area contributed by atoms with Crippen LogP contribution in [0.15, 0.2) is 91.4 Å². The molecule has 2 aromatic carbocycles. The van der Waals surface area contributed by atoms with Crippen molar-refractivity contribution in [1.29, 1.82) is 0 Å². The molecule has 246 valence electrons. The first kappa shape index (κ1) is 32.7. The zero-order valence-corrected chi connectivity index (χ0v) is 27.5. The molecule has 2 aliphatic carbocycles. The van der Waals surface area contributed by atoms with E-state index in [1.807, 2.05) is 61.5 Å². The number of urea groups is 1. The highest BCUT2D eigenvalue weighted by Crippen LogP contribution is 2.58. The Balaban J connectivity index is 1.23. The standard InChI is InChI=1S/C35H36ClN9O3/c1-33(2,21-46)40-32(48)41-34(3)15-13-23(14-16-34)26-18-30(42-37-20-26)35(19-28(35)24-7-5-4-6-8-24)39-31(47)12-9-25-17-27(36)10-11-29(25)45-22-38-43-44-45/h4-15,17-18,20,22,28,46H,16,19,21H2,1-3H3,(H,39,47)(H2,40,41,48)/b12-9+/t28?,34-,35-/m1/s1. The van der Waals surface area contributed by atoms with Crippen molar-refractivity contribution in [3.05, 3.63) is 119 Å². The minimum Gasteiger partial charge on any atom is -0.394 e. The lowest BCUT2D eigenvalue weighted by Gasteiger charge is -2.32. The average molecular weight is 666 g/mol. The van der Waals surface area contributed by atoms with Gasteiger partial charge in [-0.1, -0.05) is 60.2 Å². The first-order chi connectivity index (χ1) is 23.0. The molecule has 0 spiro atoms. The summed E-state index contributed by atoms with van der Waals surface area (Å²) in [5.41, 5.74) is 2.72. The van der Waals surface area contributed by atoms with Crippen molar-refractivity contribution in [2.45, 2.75) is 56.1 Å². The van der Waals surface area contributed by atoms with Gasteiger partial charge in [0.15, 0.2) is 0 Å². The van der Waals surface area contributed by atoms with E-state index < -0.39 is 16.6 Å². The highest BCUT2D eigenvalue weighted by atomic mass is 35.5. The number of amides is 3. The van der Waals surface area contributed by atoms with Crippen LogP contribution in [0.2, 0.25) is 5.02 Å². The Morgan fingerprint density at radius 1 is 1.12 bits per heavy atom. The summed E-state index contributed by atoms with van der Waals surface area (Å²) in [7, 11) is 0. The van der Waals surface area contributed by atoms with Gasteiger partial charge in [-0.2, -0.15) is 14.9 Å². The summed E-state index contributed by atoms with van der Waals surface area (Å²) >= 11 is 6.27. The fourth-order valence-corrected chi connectivity index (χ4v) is 6.00. The van der Waals surface area contributed by atoms with E-state index in [2.05, 4.69) is 41.7 Å². The largest absolute Gasteiger partial charge is 0.394 e. The van der Waals surface area contributed by atoms with Gasteiger partial charge >= 0.3 is 6.03 Å². The van der Waals surface area contributed by atoms with Crippen molar-refractivity contribution < 1.29 is 14.7 Å². The number of carbonyl (C=O) groups is 2. The molecule has 2 aromatic heterocycles. The zero-order valence-electron chi connectivity index (χ0n) is 26.8. The second-order valence-electron chi connectivity index (χ2n) is 13.0. The van der Waals surface area contributed by atoms with Crippen LogP contribution < -0.4 is 16.0 Å². The molecular formula is C35H36ClN9O3. The van der Waals surface area contributed by atoms with Crippen LogP contribution in [0.25, 0.3) is 17.3 Å². The number of aliphatic hydroxyl groups excluding tert-OH is 1. The zero-order chi connectivity index (χ0) is 33.9. The Hall–Kier alpha value is -5.20. The van der Waals surface area contributed by atoms with Crippen molar-refractivity contribution >= 4 is 35.2 Å². The molecule has 13 heteroatoms. The van der Waals surface area contributed by atoms with Crippen LogP contribution in [-0.4, -0.2) is 65.1 Å². The molecule has 1 fully saturated rings. The van der Waals surface area contributed by atoms with Crippen molar-refractivity contribution in [3.8, 4) is 5.69 Å². The Kier molecular flexibility index (Phi) is 8.95. The molecule has 1 saturated carbocycles. The summed E-state index contributed by atoms with van der Waals surface area (Å²) in [4.78, 5) is 26.1. The van der Waals surface area contributed by atoms with Crippen LogP contribution in [0.5, 0.6) is 0 Å². The minimum atomic E-state index is -0.772. The van der Waals surface area contributed by atoms with E-state index in [-0.39, 0.29) is 24.5 Å². The second kappa shape index (κ2) is 13.1. The molecule has 6 rings (SSSR count). The number of rotatable bonds is 10. The van der Waals surface area contributed by atoms with E-state index in [0.717, 1.165) is 16.7 Å². The van der Waals surface area contributed by atoms with Crippen molar-refractivity contribution in [1.82, 2.24) is 46.4 Å². The summed E-state index contributed by atoms with van der Waals surface area (Å²) in [5.74, 6) is -0.307. The van der Waals surface area contributed by atoms with Crippen molar-refractivity contribution in [2.75, 3.05) is 6.61 Å². The van der Waals surface area contributed by atoms with Gasteiger partial charge in [0, 0.05) is 28.1 Å². The predicted octanol–water partition coefficient (Wildman–Crippen LogP) is 4.49. The summed E-state index contributed by atoms with van der Waals surface area (Å²) < 4.78 is 1.50. The Morgan fingerprint density at radius 3 is 2.65 bits per heavy atom. The summed E-state index contributed by atoms with van der Waals surface area (Å²) in [6.45, 7) is 5.25. The van der Waals surface area contributed by atoms with E-state index in [9.17, 15) is 14.7 Å². The van der Waals surface area contributed by atoms with Gasteiger partial charge in [0.25, 0.3) is 0 Å². The number of carbonyl (C=O) groups excluding carboxylic acids is 2. The minimum absolute atomic E-state index is 0.00592. The first-order valence-electron chi connectivity index (χ1n) is 15.5. The number of hydrogen-bond donors (Lipinski definition) is 4. The molecule has 48 heavy (non-hydrogen) atoms. The average Bonchev–Trinajstić information content (AvgIpc) is 3.53. The Morgan fingerprint density at radius 2 is 1.94 bits per heavy atom. The molecule has 2 heterocycles. The molecule has 4 aromatic rings. The maximum Gasteiger partial charge on any atom is 0.315 e.